The molecule has 0 heterocycles. The average Bonchev–Trinajstić information content (AvgIpc) is 2.35. The first-order valence-corrected chi connectivity index (χ1v) is 8.61. The number of nitrogens with zero attached hydrogens (tertiary/aromatic N) is 2. The van der Waals surface area contributed by atoms with Crippen LogP contribution in [0.3, 0.4) is 0 Å². The maximum atomic E-state index is 14.1. The Morgan fingerprint density at radius 3 is 1.95 bits per heavy atom. The Labute approximate surface area is 141 Å². The van der Waals surface area contributed by atoms with Crippen molar-refractivity contribution < 1.29 is 17.2 Å². The second-order valence-electron chi connectivity index (χ2n) is 3.96. The van der Waals surface area contributed by atoms with Gasteiger partial charge in [0, 0.05) is 26.0 Å². The van der Waals surface area contributed by atoms with E-state index in [9.17, 15) is 17.2 Å². The summed E-state index contributed by atoms with van der Waals surface area (Å²) in [7, 11) is -1.71. The summed E-state index contributed by atoms with van der Waals surface area (Å²) in [5.74, 6) is 0. The second kappa shape index (κ2) is 6.64. The van der Waals surface area contributed by atoms with Gasteiger partial charge in [-0.1, -0.05) is 53.0 Å². The molecule has 0 saturated heterocycles. The van der Waals surface area contributed by atoms with Crippen molar-refractivity contribution in [2.45, 2.75) is 9.05 Å². The molecule has 0 saturated carbocycles. The van der Waals surface area contributed by atoms with Crippen molar-refractivity contribution in [1.82, 2.24) is 4.31 Å². The van der Waals surface area contributed by atoms with Crippen molar-refractivity contribution in [3.63, 3.8) is 0 Å². The summed E-state index contributed by atoms with van der Waals surface area (Å²) in [6, 6.07) is 7.42. The SMILES string of the molecule is CN(C)S(=O)(=O)N(SC(F)(Cl)C(F)(Cl)Cl)c1ccccc1. The van der Waals surface area contributed by atoms with Crippen LogP contribution in [-0.4, -0.2) is 35.9 Å². The minimum atomic E-state index is -4.16. The first-order valence-electron chi connectivity index (χ1n) is 5.31. The van der Waals surface area contributed by atoms with Crippen molar-refractivity contribution in [2.24, 2.45) is 0 Å². The van der Waals surface area contributed by atoms with Crippen molar-refractivity contribution in [1.29, 1.82) is 0 Å². The Morgan fingerprint density at radius 1 is 1.10 bits per heavy atom. The van der Waals surface area contributed by atoms with Gasteiger partial charge in [-0.3, -0.25) is 0 Å². The number of rotatable bonds is 6. The normalized spacial score (nSPS) is 15.8. The van der Waals surface area contributed by atoms with Crippen LogP contribution in [0.1, 0.15) is 0 Å². The van der Waals surface area contributed by atoms with Gasteiger partial charge in [0.1, 0.15) is 0 Å². The van der Waals surface area contributed by atoms with E-state index in [0.29, 0.717) is 3.71 Å². The van der Waals surface area contributed by atoms with Crippen LogP contribution in [0.5, 0.6) is 0 Å². The Balaban J connectivity index is 3.30. The molecule has 11 heteroatoms. The number of hydrogen-bond acceptors (Lipinski definition) is 3. The molecule has 1 atom stereocenters. The van der Waals surface area contributed by atoms with Crippen LogP contribution in [0.25, 0.3) is 0 Å². The van der Waals surface area contributed by atoms with E-state index in [2.05, 4.69) is 0 Å². The van der Waals surface area contributed by atoms with E-state index in [1.807, 2.05) is 0 Å². The molecule has 0 aromatic heterocycles. The zero-order valence-corrected chi connectivity index (χ0v) is 14.7. The van der Waals surface area contributed by atoms with Crippen LogP contribution in [0, 0.1) is 0 Å². The molecule has 0 fully saturated rings. The number of anilines is 1. The minimum Gasteiger partial charge on any atom is -0.205 e. The van der Waals surface area contributed by atoms with Gasteiger partial charge in [-0.15, -0.1) is 0 Å². The van der Waals surface area contributed by atoms with Crippen LogP contribution in [0.4, 0.5) is 14.5 Å². The first kappa shape index (κ1) is 19.1. The fourth-order valence-electron chi connectivity index (χ4n) is 1.09. The number of halogens is 5. The van der Waals surface area contributed by atoms with Gasteiger partial charge in [-0.2, -0.15) is 16.4 Å². The standard InChI is InChI=1S/C10H11Cl3F2N2O2S2/c1-16(2)21(18,19)17(8-6-4-3-5-7-8)20-10(13,15)9(11,12)14/h3-7H,1-2H3. The molecule has 1 aromatic rings. The van der Waals surface area contributed by atoms with E-state index in [0.717, 1.165) is 4.31 Å². The molecule has 4 nitrogen and oxygen atoms in total. The highest BCUT2D eigenvalue weighted by Gasteiger charge is 2.54. The largest absolute Gasteiger partial charge is 0.317 e. The van der Waals surface area contributed by atoms with Gasteiger partial charge in [-0.05, 0) is 12.1 Å². The Hall–Kier alpha value is 0.01000. The third kappa shape index (κ3) is 4.49. The summed E-state index contributed by atoms with van der Waals surface area (Å²) in [5.41, 5.74) is 0.0523. The average molecular weight is 400 g/mol. The lowest BCUT2D eigenvalue weighted by Crippen LogP contribution is -2.41. The maximum Gasteiger partial charge on any atom is 0.317 e. The quantitative estimate of drug-likeness (QED) is 0.538. The summed E-state index contributed by atoms with van der Waals surface area (Å²) in [6.45, 7) is 0. The summed E-state index contributed by atoms with van der Waals surface area (Å²) in [4.78, 5) is 0. The summed E-state index contributed by atoms with van der Waals surface area (Å²) >= 11 is 15.2. The molecule has 0 amide bonds. The van der Waals surface area contributed by atoms with E-state index < -0.39 is 19.3 Å². The van der Waals surface area contributed by atoms with Gasteiger partial charge < -0.3 is 0 Å². The smallest absolute Gasteiger partial charge is 0.205 e. The number of alkyl halides is 5. The topological polar surface area (TPSA) is 40.6 Å². The lowest BCUT2D eigenvalue weighted by atomic mass is 10.3. The zero-order valence-electron chi connectivity index (χ0n) is 10.8. The molecule has 1 unspecified atom stereocenters. The molecule has 21 heavy (non-hydrogen) atoms. The van der Waals surface area contributed by atoms with Gasteiger partial charge in [0.15, 0.2) is 0 Å². The molecule has 1 aromatic carbocycles. The van der Waals surface area contributed by atoms with E-state index in [1.165, 1.54) is 38.4 Å². The van der Waals surface area contributed by atoms with E-state index in [-0.39, 0.29) is 17.6 Å². The van der Waals surface area contributed by atoms with Crippen molar-refractivity contribution in [2.75, 3.05) is 17.8 Å². The van der Waals surface area contributed by atoms with Crippen LogP contribution < -0.4 is 3.71 Å². The van der Waals surface area contributed by atoms with Crippen molar-refractivity contribution in [3.05, 3.63) is 30.3 Å². The number of para-hydroxylation sites is 1. The van der Waals surface area contributed by atoms with Gasteiger partial charge in [-0.25, -0.2) is 8.78 Å². The Bertz CT molecular complexity index is 580. The summed E-state index contributed by atoms with van der Waals surface area (Å²) < 4.78 is 46.3. The fourth-order valence-corrected chi connectivity index (χ4v) is 3.93. The maximum absolute atomic E-state index is 14.1. The molecule has 0 spiro atoms. The Kier molecular flexibility index (Phi) is 6.02. The minimum absolute atomic E-state index is 0.0523. The highest BCUT2D eigenvalue weighted by molar-refractivity contribution is 8.15. The molecule has 0 radical (unpaired) electrons. The molecule has 0 bridgehead atoms. The van der Waals surface area contributed by atoms with E-state index >= 15 is 0 Å². The van der Waals surface area contributed by atoms with Gasteiger partial charge >= 0.3 is 19.3 Å². The van der Waals surface area contributed by atoms with Crippen LogP contribution in [-0.2, 0) is 10.2 Å². The van der Waals surface area contributed by atoms with Gasteiger partial charge in [0.2, 0.25) is 0 Å². The molecule has 120 valence electrons. The Morgan fingerprint density at radius 2 is 1.57 bits per heavy atom. The number of benzene rings is 1. The lowest BCUT2D eigenvalue weighted by Gasteiger charge is -2.31. The number of hydrogen-bond donors (Lipinski definition) is 0. The fraction of sp³-hybridized carbons (Fsp3) is 0.400. The van der Waals surface area contributed by atoms with Gasteiger partial charge in [0.25, 0.3) is 0 Å². The highest BCUT2D eigenvalue weighted by Crippen LogP contribution is 2.52. The molecule has 0 aliphatic heterocycles. The molecular formula is C10H11Cl3F2N2O2S2. The molecule has 0 aliphatic carbocycles. The summed E-state index contributed by atoms with van der Waals surface area (Å²) in [5, 5.41) is 0. The second-order valence-corrected chi connectivity index (χ2v) is 9.27. The molecule has 1 rings (SSSR count). The third-order valence-electron chi connectivity index (χ3n) is 2.17. The third-order valence-corrected chi connectivity index (χ3v) is 6.80. The molecule has 0 aliphatic rings. The van der Waals surface area contributed by atoms with E-state index in [1.54, 1.807) is 6.07 Å². The molecular weight excluding hydrogens is 389 g/mol. The highest BCUT2D eigenvalue weighted by atomic mass is 35.5. The van der Waals surface area contributed by atoms with Crippen LogP contribution in [0.2, 0.25) is 0 Å². The monoisotopic (exact) mass is 398 g/mol. The molecule has 0 N–H and O–H groups in total. The van der Waals surface area contributed by atoms with E-state index in [4.69, 9.17) is 34.8 Å². The first-order chi connectivity index (χ1) is 9.39. The zero-order chi connectivity index (χ0) is 16.5. The van der Waals surface area contributed by atoms with Crippen molar-refractivity contribution >= 4 is 62.6 Å². The van der Waals surface area contributed by atoms with Crippen molar-refractivity contribution in [3.8, 4) is 0 Å². The lowest BCUT2D eigenvalue weighted by molar-refractivity contribution is 0.240. The van der Waals surface area contributed by atoms with Crippen LogP contribution >= 0.6 is 46.8 Å². The van der Waals surface area contributed by atoms with Crippen LogP contribution in [0.15, 0.2) is 30.3 Å². The predicted molar refractivity (Wildman–Crippen MR) is 84.4 cm³/mol. The summed E-state index contributed by atoms with van der Waals surface area (Å²) in [6.07, 6.45) is 0. The van der Waals surface area contributed by atoms with Gasteiger partial charge in [0.05, 0.1) is 5.69 Å². The predicted octanol–water partition coefficient (Wildman–Crippen LogP) is 3.91.